The lowest BCUT2D eigenvalue weighted by atomic mass is 9.84. The van der Waals surface area contributed by atoms with Crippen LogP contribution in [-0.4, -0.2) is 18.5 Å². The zero-order chi connectivity index (χ0) is 14.8. The van der Waals surface area contributed by atoms with Crippen LogP contribution in [0.25, 0.3) is 0 Å². The van der Waals surface area contributed by atoms with E-state index in [2.05, 4.69) is 0 Å². The Balaban J connectivity index is 3.28. The van der Waals surface area contributed by atoms with Crippen molar-refractivity contribution in [1.82, 2.24) is 0 Å². The van der Waals surface area contributed by atoms with E-state index in [0.29, 0.717) is 6.61 Å². The molecule has 19 heavy (non-hydrogen) atoms. The molecular formula is C15H20F2O2. The third-order valence-corrected chi connectivity index (χ3v) is 2.89. The third-order valence-electron chi connectivity index (χ3n) is 2.89. The first kappa shape index (κ1) is 15.8. The Morgan fingerprint density at radius 2 is 1.89 bits per heavy atom. The minimum Gasteiger partial charge on any atom is -0.370 e. The fourth-order valence-corrected chi connectivity index (χ4v) is 1.90. The van der Waals surface area contributed by atoms with Crippen molar-refractivity contribution in [1.29, 1.82) is 0 Å². The Morgan fingerprint density at radius 3 is 2.37 bits per heavy atom. The molecule has 106 valence electrons. The number of benzene rings is 1. The third kappa shape index (κ3) is 3.38. The summed E-state index contributed by atoms with van der Waals surface area (Å²) in [6.45, 7) is 8.96. The number of hydrogen-bond acceptors (Lipinski definition) is 2. The van der Waals surface area contributed by atoms with Gasteiger partial charge in [-0.2, -0.15) is 0 Å². The zero-order valence-corrected chi connectivity index (χ0v) is 12.0. The largest absolute Gasteiger partial charge is 0.370 e. The molecule has 1 aromatic carbocycles. The van der Waals surface area contributed by atoms with Crippen LogP contribution >= 0.6 is 0 Å². The molecule has 0 aromatic heterocycles. The molecule has 0 aliphatic carbocycles. The number of carbonyl (C=O) groups excluding carboxylic acids is 1. The van der Waals surface area contributed by atoms with Gasteiger partial charge in [-0.05, 0) is 30.9 Å². The van der Waals surface area contributed by atoms with Gasteiger partial charge in [0.1, 0.15) is 17.7 Å². The molecule has 0 N–H and O–H groups in total. The second-order valence-electron chi connectivity index (χ2n) is 5.62. The van der Waals surface area contributed by atoms with Gasteiger partial charge < -0.3 is 4.74 Å². The van der Waals surface area contributed by atoms with Crippen molar-refractivity contribution in [3.05, 3.63) is 34.9 Å². The van der Waals surface area contributed by atoms with E-state index in [4.69, 9.17) is 4.74 Å². The summed E-state index contributed by atoms with van der Waals surface area (Å²) >= 11 is 0. The average molecular weight is 270 g/mol. The van der Waals surface area contributed by atoms with E-state index >= 15 is 0 Å². The lowest BCUT2D eigenvalue weighted by molar-refractivity contribution is -0.000776. The lowest BCUT2D eigenvalue weighted by Crippen LogP contribution is -2.38. The fraction of sp³-hybridized carbons (Fsp3) is 0.533. The fourth-order valence-electron chi connectivity index (χ4n) is 1.90. The maximum Gasteiger partial charge on any atom is 0.197 e. The van der Waals surface area contributed by atoms with E-state index in [1.54, 1.807) is 27.7 Å². The molecular weight excluding hydrogens is 250 g/mol. The summed E-state index contributed by atoms with van der Waals surface area (Å²) in [7, 11) is 0. The molecule has 0 aliphatic rings. The summed E-state index contributed by atoms with van der Waals surface area (Å²) in [6.07, 6.45) is -0.872. The van der Waals surface area contributed by atoms with Crippen LogP contribution in [0.5, 0.6) is 0 Å². The van der Waals surface area contributed by atoms with Gasteiger partial charge in [0.15, 0.2) is 5.78 Å². The van der Waals surface area contributed by atoms with Gasteiger partial charge in [0.05, 0.1) is 5.56 Å². The van der Waals surface area contributed by atoms with Gasteiger partial charge in [0.2, 0.25) is 0 Å². The Kier molecular flexibility index (Phi) is 4.80. The second kappa shape index (κ2) is 5.78. The minimum atomic E-state index is -0.872. The number of carbonyl (C=O) groups is 1. The van der Waals surface area contributed by atoms with Gasteiger partial charge in [-0.25, -0.2) is 8.78 Å². The molecule has 0 heterocycles. The monoisotopic (exact) mass is 270 g/mol. The molecule has 1 rings (SSSR count). The van der Waals surface area contributed by atoms with Crippen LogP contribution in [-0.2, 0) is 4.74 Å². The van der Waals surface area contributed by atoms with Crippen LogP contribution in [0.4, 0.5) is 8.78 Å². The first-order chi connectivity index (χ1) is 8.70. The number of rotatable bonds is 4. The molecule has 0 fully saturated rings. The first-order valence-electron chi connectivity index (χ1n) is 6.30. The molecule has 4 heteroatoms. The van der Waals surface area contributed by atoms with Crippen LogP contribution in [0.15, 0.2) is 12.1 Å². The topological polar surface area (TPSA) is 26.3 Å². The van der Waals surface area contributed by atoms with Gasteiger partial charge in [-0.1, -0.05) is 26.8 Å². The van der Waals surface area contributed by atoms with E-state index in [1.807, 2.05) is 0 Å². The van der Waals surface area contributed by atoms with Gasteiger partial charge in [-0.3, -0.25) is 4.79 Å². The molecule has 0 spiro atoms. The van der Waals surface area contributed by atoms with Crippen LogP contribution in [0.1, 0.15) is 43.6 Å². The number of aryl methyl sites for hydroxylation is 1. The normalized spacial score (nSPS) is 13.4. The SMILES string of the molecule is CCOC(C(=O)c1c(F)ccc(C)c1F)C(C)(C)C. The molecule has 0 saturated heterocycles. The van der Waals surface area contributed by atoms with Crippen LogP contribution < -0.4 is 0 Å². The van der Waals surface area contributed by atoms with Crippen molar-refractivity contribution in [2.24, 2.45) is 5.41 Å². The maximum atomic E-state index is 14.0. The van der Waals surface area contributed by atoms with E-state index in [9.17, 15) is 13.6 Å². The van der Waals surface area contributed by atoms with Gasteiger partial charge in [0.25, 0.3) is 0 Å². The maximum absolute atomic E-state index is 14.0. The standard InChI is InChI=1S/C15H20F2O2/c1-6-19-14(15(3,4)5)13(18)11-10(16)8-7-9(2)12(11)17/h7-8,14H,6H2,1-5H3. The molecule has 1 unspecified atom stereocenters. The number of hydrogen-bond donors (Lipinski definition) is 0. The molecule has 0 saturated carbocycles. The predicted octanol–water partition coefficient (Wildman–Crippen LogP) is 3.91. The molecule has 0 amide bonds. The molecule has 1 aromatic rings. The highest BCUT2D eigenvalue weighted by Gasteiger charge is 2.35. The highest BCUT2D eigenvalue weighted by Crippen LogP contribution is 2.28. The Labute approximate surface area is 112 Å². The van der Waals surface area contributed by atoms with Crippen LogP contribution in [0.3, 0.4) is 0 Å². The summed E-state index contributed by atoms with van der Waals surface area (Å²) in [6, 6.07) is 2.42. The highest BCUT2D eigenvalue weighted by molar-refractivity contribution is 6.00. The average Bonchev–Trinajstić information content (AvgIpc) is 2.29. The first-order valence-corrected chi connectivity index (χ1v) is 6.30. The van der Waals surface area contributed by atoms with Gasteiger partial charge in [-0.15, -0.1) is 0 Å². The lowest BCUT2D eigenvalue weighted by Gasteiger charge is -2.29. The minimum absolute atomic E-state index is 0.244. The Morgan fingerprint density at radius 1 is 1.32 bits per heavy atom. The molecule has 1 atom stereocenters. The Hall–Kier alpha value is -1.29. The zero-order valence-electron chi connectivity index (χ0n) is 12.0. The van der Waals surface area contributed by atoms with Crippen molar-refractivity contribution in [3.63, 3.8) is 0 Å². The molecule has 0 aliphatic heterocycles. The van der Waals surface area contributed by atoms with Crippen molar-refractivity contribution in [3.8, 4) is 0 Å². The Bertz CT molecular complexity index is 476. The van der Waals surface area contributed by atoms with E-state index < -0.39 is 34.5 Å². The van der Waals surface area contributed by atoms with Crippen molar-refractivity contribution < 1.29 is 18.3 Å². The van der Waals surface area contributed by atoms with E-state index in [0.717, 1.165) is 6.07 Å². The molecule has 2 nitrogen and oxygen atoms in total. The number of halogens is 2. The summed E-state index contributed by atoms with van der Waals surface area (Å²) in [5.41, 5.74) is -0.794. The quantitative estimate of drug-likeness (QED) is 0.775. The smallest absolute Gasteiger partial charge is 0.197 e. The van der Waals surface area contributed by atoms with Crippen molar-refractivity contribution >= 4 is 5.78 Å². The number of ether oxygens (including phenoxy) is 1. The summed E-state index contributed by atoms with van der Waals surface area (Å²) in [4.78, 5) is 12.4. The van der Waals surface area contributed by atoms with Crippen molar-refractivity contribution in [2.45, 2.75) is 40.7 Å². The van der Waals surface area contributed by atoms with Gasteiger partial charge in [0, 0.05) is 6.61 Å². The van der Waals surface area contributed by atoms with Crippen molar-refractivity contribution in [2.75, 3.05) is 6.61 Å². The van der Waals surface area contributed by atoms with E-state index in [-0.39, 0.29) is 5.56 Å². The number of ketones is 1. The van der Waals surface area contributed by atoms with Gasteiger partial charge >= 0.3 is 0 Å². The second-order valence-corrected chi connectivity index (χ2v) is 5.62. The summed E-state index contributed by atoms with van der Waals surface area (Å²) in [5, 5.41) is 0. The number of Topliss-reactive ketones (excluding diaryl/α,β-unsaturated/α-hetero) is 1. The highest BCUT2D eigenvalue weighted by atomic mass is 19.1. The molecule has 0 bridgehead atoms. The van der Waals surface area contributed by atoms with Crippen LogP contribution in [0, 0.1) is 24.0 Å². The van der Waals surface area contributed by atoms with E-state index in [1.165, 1.54) is 13.0 Å². The summed E-state index contributed by atoms with van der Waals surface area (Å²) in [5.74, 6) is -2.30. The molecule has 0 radical (unpaired) electrons. The predicted molar refractivity (Wildman–Crippen MR) is 70.3 cm³/mol. The van der Waals surface area contributed by atoms with Crippen LogP contribution in [0.2, 0.25) is 0 Å². The summed E-state index contributed by atoms with van der Waals surface area (Å²) < 4.78 is 33.1.